The topological polar surface area (TPSA) is 43.1 Å². The molecule has 0 aromatic carbocycles. The lowest BCUT2D eigenvalue weighted by Crippen LogP contribution is -2.00. The summed E-state index contributed by atoms with van der Waals surface area (Å²) >= 11 is 0. The van der Waals surface area contributed by atoms with E-state index in [1.165, 1.54) is 0 Å². The fraction of sp³-hybridized carbons (Fsp3) is 0.125. The highest BCUT2D eigenvalue weighted by molar-refractivity contribution is 5.80. The minimum absolute atomic E-state index is 0.564. The van der Waals surface area contributed by atoms with Crippen LogP contribution in [0, 0.1) is 0 Å². The molecule has 52 valence electrons. The van der Waals surface area contributed by atoms with Crippen LogP contribution in [0.5, 0.6) is 0 Å². The minimum Gasteiger partial charge on any atom is -0.398 e. The molecule has 2 nitrogen and oxygen atoms in total. The number of aldehydes is 1. The van der Waals surface area contributed by atoms with Crippen LogP contribution in [0.1, 0.15) is 6.42 Å². The van der Waals surface area contributed by atoms with Gasteiger partial charge in [-0.05, 0) is 12.5 Å². The quantitative estimate of drug-likeness (QED) is 0.543. The Kier molecular flexibility index (Phi) is 2.05. The molecular weight excluding hydrogens is 126 g/mol. The van der Waals surface area contributed by atoms with E-state index in [-0.39, 0.29) is 0 Å². The van der Waals surface area contributed by atoms with E-state index in [0.717, 1.165) is 12.7 Å². The zero-order valence-corrected chi connectivity index (χ0v) is 5.58. The maximum absolute atomic E-state index is 10.3. The van der Waals surface area contributed by atoms with Crippen LogP contribution >= 0.6 is 0 Å². The standard InChI is InChI=1S/C8H9NO/c9-8-5-3-1-2-4-7(8)6-10/h1-2,4-6H,3,9H2. The second-order valence-electron chi connectivity index (χ2n) is 2.06. The smallest absolute Gasteiger partial charge is 0.152 e. The molecule has 0 radical (unpaired) electrons. The average molecular weight is 135 g/mol. The summed E-state index contributed by atoms with van der Waals surface area (Å²) < 4.78 is 0. The van der Waals surface area contributed by atoms with Crippen molar-refractivity contribution in [2.24, 2.45) is 5.73 Å². The summed E-state index contributed by atoms with van der Waals surface area (Å²) in [5, 5.41) is 0. The van der Waals surface area contributed by atoms with E-state index in [1.807, 2.05) is 18.2 Å². The van der Waals surface area contributed by atoms with E-state index >= 15 is 0 Å². The number of hydrogen-bond acceptors (Lipinski definition) is 2. The van der Waals surface area contributed by atoms with E-state index in [9.17, 15) is 4.79 Å². The van der Waals surface area contributed by atoms with Gasteiger partial charge in [-0.3, -0.25) is 4.79 Å². The molecule has 0 fully saturated rings. The van der Waals surface area contributed by atoms with Gasteiger partial charge in [0.25, 0.3) is 0 Å². The second kappa shape index (κ2) is 3.01. The number of carbonyl (C=O) groups excluding carboxylic acids is 1. The SMILES string of the molecule is NC1=CCC=CC=C1C=O. The lowest BCUT2D eigenvalue weighted by molar-refractivity contribution is -0.104. The third-order valence-electron chi connectivity index (χ3n) is 1.35. The largest absolute Gasteiger partial charge is 0.398 e. The summed E-state index contributed by atoms with van der Waals surface area (Å²) in [5.41, 5.74) is 6.64. The van der Waals surface area contributed by atoms with Crippen molar-refractivity contribution in [3.8, 4) is 0 Å². The molecule has 0 amide bonds. The van der Waals surface area contributed by atoms with E-state index in [0.29, 0.717) is 11.3 Å². The first-order valence-electron chi connectivity index (χ1n) is 3.12. The molecule has 2 N–H and O–H groups in total. The van der Waals surface area contributed by atoms with Gasteiger partial charge < -0.3 is 5.73 Å². The molecule has 1 rings (SSSR count). The van der Waals surface area contributed by atoms with Crippen LogP contribution in [0.15, 0.2) is 35.6 Å². The maximum Gasteiger partial charge on any atom is 0.152 e. The fourth-order valence-corrected chi connectivity index (χ4v) is 0.767. The molecule has 10 heavy (non-hydrogen) atoms. The summed E-state index contributed by atoms with van der Waals surface area (Å²) in [7, 11) is 0. The Morgan fingerprint density at radius 3 is 3.10 bits per heavy atom. The first-order valence-corrected chi connectivity index (χ1v) is 3.12. The predicted molar refractivity (Wildman–Crippen MR) is 40.2 cm³/mol. The first-order chi connectivity index (χ1) is 4.84. The van der Waals surface area contributed by atoms with E-state index < -0.39 is 0 Å². The van der Waals surface area contributed by atoms with Crippen LogP contribution in [-0.2, 0) is 4.79 Å². The molecule has 0 unspecified atom stereocenters. The Bertz CT molecular complexity index is 223. The maximum atomic E-state index is 10.3. The van der Waals surface area contributed by atoms with Crippen molar-refractivity contribution in [2.45, 2.75) is 6.42 Å². The van der Waals surface area contributed by atoms with Crippen LogP contribution in [0.2, 0.25) is 0 Å². The molecule has 0 saturated heterocycles. The van der Waals surface area contributed by atoms with Gasteiger partial charge in [0.15, 0.2) is 6.29 Å². The third-order valence-corrected chi connectivity index (χ3v) is 1.35. The Morgan fingerprint density at radius 2 is 2.40 bits per heavy atom. The highest BCUT2D eigenvalue weighted by atomic mass is 16.1. The van der Waals surface area contributed by atoms with E-state index in [4.69, 9.17) is 5.73 Å². The first kappa shape index (κ1) is 6.81. The average Bonchev–Trinajstić information content (AvgIpc) is 2.13. The molecular formula is C8H9NO. The van der Waals surface area contributed by atoms with Gasteiger partial charge in [-0.1, -0.05) is 18.2 Å². The van der Waals surface area contributed by atoms with Crippen molar-refractivity contribution in [1.29, 1.82) is 0 Å². The monoisotopic (exact) mass is 135 g/mol. The molecule has 0 heterocycles. The van der Waals surface area contributed by atoms with Crippen LogP contribution in [0.25, 0.3) is 0 Å². The number of allylic oxidation sites excluding steroid dienone is 5. The van der Waals surface area contributed by atoms with Gasteiger partial charge in [0.2, 0.25) is 0 Å². The minimum atomic E-state index is 0.564. The van der Waals surface area contributed by atoms with Crippen LogP contribution in [0.4, 0.5) is 0 Å². The number of hydrogen-bond donors (Lipinski definition) is 1. The number of nitrogens with two attached hydrogens (primary N) is 1. The Labute approximate surface area is 59.7 Å². The van der Waals surface area contributed by atoms with Crippen molar-refractivity contribution < 1.29 is 4.79 Å². The van der Waals surface area contributed by atoms with Crippen molar-refractivity contribution in [1.82, 2.24) is 0 Å². The summed E-state index contributed by atoms with van der Waals surface area (Å²) in [4.78, 5) is 10.3. The second-order valence-corrected chi connectivity index (χ2v) is 2.06. The van der Waals surface area contributed by atoms with Crippen molar-refractivity contribution in [3.05, 3.63) is 35.6 Å². The molecule has 0 aromatic heterocycles. The van der Waals surface area contributed by atoms with Crippen molar-refractivity contribution in [3.63, 3.8) is 0 Å². The molecule has 0 atom stereocenters. The lowest BCUT2D eigenvalue weighted by atomic mass is 10.2. The molecule has 1 aliphatic carbocycles. The van der Waals surface area contributed by atoms with Crippen LogP contribution in [0.3, 0.4) is 0 Å². The number of carbonyl (C=O) groups is 1. The summed E-state index contributed by atoms with van der Waals surface area (Å²) in [5.74, 6) is 0. The molecule has 1 aliphatic rings. The van der Waals surface area contributed by atoms with Gasteiger partial charge in [-0.15, -0.1) is 0 Å². The summed E-state index contributed by atoms with van der Waals surface area (Å²) in [6.07, 6.45) is 8.89. The van der Waals surface area contributed by atoms with Gasteiger partial charge in [0.05, 0.1) is 0 Å². The summed E-state index contributed by atoms with van der Waals surface area (Å²) in [6.45, 7) is 0. The molecule has 0 aromatic rings. The molecule has 2 heteroatoms. The third kappa shape index (κ3) is 1.35. The predicted octanol–water partition coefficient (Wildman–Crippen LogP) is 0.914. The molecule has 0 spiro atoms. The highest BCUT2D eigenvalue weighted by Crippen LogP contribution is 2.06. The molecule has 0 bridgehead atoms. The zero-order valence-electron chi connectivity index (χ0n) is 5.58. The van der Waals surface area contributed by atoms with Crippen molar-refractivity contribution in [2.75, 3.05) is 0 Å². The Hall–Kier alpha value is -1.31. The zero-order chi connectivity index (χ0) is 7.40. The van der Waals surface area contributed by atoms with E-state index in [2.05, 4.69) is 0 Å². The fourth-order valence-electron chi connectivity index (χ4n) is 0.767. The van der Waals surface area contributed by atoms with E-state index in [1.54, 1.807) is 6.08 Å². The van der Waals surface area contributed by atoms with Gasteiger partial charge in [-0.25, -0.2) is 0 Å². The van der Waals surface area contributed by atoms with Gasteiger partial charge in [-0.2, -0.15) is 0 Å². The van der Waals surface area contributed by atoms with Gasteiger partial charge in [0.1, 0.15) is 0 Å². The highest BCUT2D eigenvalue weighted by Gasteiger charge is 1.97. The molecule has 0 saturated carbocycles. The number of rotatable bonds is 1. The Morgan fingerprint density at radius 1 is 1.60 bits per heavy atom. The Balaban J connectivity index is 2.92. The lowest BCUT2D eigenvalue weighted by Gasteiger charge is -1.94. The molecule has 0 aliphatic heterocycles. The van der Waals surface area contributed by atoms with Gasteiger partial charge in [0, 0.05) is 11.3 Å². The van der Waals surface area contributed by atoms with Crippen molar-refractivity contribution >= 4 is 6.29 Å². The van der Waals surface area contributed by atoms with Gasteiger partial charge >= 0.3 is 0 Å². The van der Waals surface area contributed by atoms with Crippen LogP contribution < -0.4 is 5.73 Å². The van der Waals surface area contributed by atoms with Crippen LogP contribution in [-0.4, -0.2) is 6.29 Å². The normalized spacial score (nSPS) is 17.2. The summed E-state index contributed by atoms with van der Waals surface area (Å²) in [6, 6.07) is 0.